The van der Waals surface area contributed by atoms with Crippen molar-refractivity contribution in [1.29, 1.82) is 0 Å². The van der Waals surface area contributed by atoms with Gasteiger partial charge >= 0.3 is 0 Å². The maximum atomic E-state index is 12.0. The van der Waals surface area contributed by atoms with Gasteiger partial charge < -0.3 is 15.0 Å². The Hall–Kier alpha value is -1.81. The zero-order valence-corrected chi connectivity index (χ0v) is 10.5. The number of hydrogen-bond donors (Lipinski definition) is 2. The summed E-state index contributed by atoms with van der Waals surface area (Å²) in [6.07, 6.45) is 2.27. The molecule has 0 aliphatic rings. The van der Waals surface area contributed by atoms with Gasteiger partial charge in [0.05, 0.1) is 13.0 Å². The molecule has 0 radical (unpaired) electrons. The highest BCUT2D eigenvalue weighted by Crippen LogP contribution is 2.15. The van der Waals surface area contributed by atoms with Crippen LogP contribution in [0.3, 0.4) is 0 Å². The molecule has 18 heavy (non-hydrogen) atoms. The highest BCUT2D eigenvalue weighted by molar-refractivity contribution is 5.83. The van der Waals surface area contributed by atoms with E-state index < -0.39 is 0 Å². The topological polar surface area (TPSA) is 56.3 Å². The Morgan fingerprint density at radius 2 is 2.22 bits per heavy atom. The lowest BCUT2D eigenvalue weighted by Crippen LogP contribution is -2.34. The second-order valence-corrected chi connectivity index (χ2v) is 4.27. The van der Waals surface area contributed by atoms with Crippen molar-refractivity contribution < 1.29 is 9.90 Å². The van der Waals surface area contributed by atoms with E-state index >= 15 is 0 Å². The normalized spacial score (nSPS) is 10.8. The number of aliphatic hydroxyl groups excluding tert-OH is 1. The second-order valence-electron chi connectivity index (χ2n) is 4.27. The molecule has 1 aromatic heterocycles. The number of carbonyl (C=O) groups is 1. The number of carbonyl (C=O) groups excluding carboxylic acids is 1. The van der Waals surface area contributed by atoms with Gasteiger partial charge in [-0.2, -0.15) is 0 Å². The summed E-state index contributed by atoms with van der Waals surface area (Å²) in [5.74, 6) is 0.0569. The SMILES string of the molecule is CCN(CCO)C(=O)Cc1ccc2[nH]ccc2c1. The third-order valence-electron chi connectivity index (χ3n) is 3.08. The van der Waals surface area contributed by atoms with E-state index in [1.807, 2.05) is 37.4 Å². The first-order valence-corrected chi connectivity index (χ1v) is 6.19. The van der Waals surface area contributed by atoms with Crippen LogP contribution in [-0.2, 0) is 11.2 Å². The Morgan fingerprint density at radius 3 is 2.94 bits per heavy atom. The Balaban J connectivity index is 2.09. The molecule has 0 saturated carbocycles. The van der Waals surface area contributed by atoms with E-state index in [4.69, 9.17) is 5.11 Å². The van der Waals surface area contributed by atoms with E-state index in [1.165, 1.54) is 0 Å². The molecular formula is C14H18N2O2. The maximum Gasteiger partial charge on any atom is 0.227 e. The van der Waals surface area contributed by atoms with Crippen LogP contribution in [0, 0.1) is 0 Å². The van der Waals surface area contributed by atoms with Gasteiger partial charge in [-0.15, -0.1) is 0 Å². The molecule has 0 aliphatic heterocycles. The highest BCUT2D eigenvalue weighted by Gasteiger charge is 2.11. The van der Waals surface area contributed by atoms with E-state index in [1.54, 1.807) is 4.90 Å². The zero-order chi connectivity index (χ0) is 13.0. The summed E-state index contributed by atoms with van der Waals surface area (Å²) in [7, 11) is 0. The molecule has 1 aromatic carbocycles. The van der Waals surface area contributed by atoms with Gasteiger partial charge in [0.25, 0.3) is 0 Å². The maximum absolute atomic E-state index is 12.0. The summed E-state index contributed by atoms with van der Waals surface area (Å²) in [6, 6.07) is 7.97. The summed E-state index contributed by atoms with van der Waals surface area (Å²) in [5, 5.41) is 10.0. The van der Waals surface area contributed by atoms with Crippen LogP contribution in [0.4, 0.5) is 0 Å². The molecular weight excluding hydrogens is 228 g/mol. The van der Waals surface area contributed by atoms with Crippen LogP contribution < -0.4 is 0 Å². The first-order valence-electron chi connectivity index (χ1n) is 6.19. The molecule has 2 aromatic rings. The van der Waals surface area contributed by atoms with E-state index in [0.717, 1.165) is 16.5 Å². The number of aromatic nitrogens is 1. The monoisotopic (exact) mass is 246 g/mol. The smallest absolute Gasteiger partial charge is 0.227 e. The minimum Gasteiger partial charge on any atom is -0.395 e. The fourth-order valence-corrected chi connectivity index (χ4v) is 2.08. The van der Waals surface area contributed by atoms with Crippen LogP contribution in [0.25, 0.3) is 10.9 Å². The number of benzene rings is 1. The van der Waals surface area contributed by atoms with Crippen LogP contribution in [0.15, 0.2) is 30.5 Å². The summed E-state index contributed by atoms with van der Waals surface area (Å²) in [4.78, 5) is 16.8. The van der Waals surface area contributed by atoms with Crippen molar-refractivity contribution in [2.75, 3.05) is 19.7 Å². The Labute approximate surface area is 106 Å². The second kappa shape index (κ2) is 5.69. The fourth-order valence-electron chi connectivity index (χ4n) is 2.08. The summed E-state index contributed by atoms with van der Waals surface area (Å²) in [6.45, 7) is 2.97. The van der Waals surface area contributed by atoms with E-state index in [0.29, 0.717) is 19.5 Å². The van der Waals surface area contributed by atoms with E-state index in [2.05, 4.69) is 4.98 Å². The third kappa shape index (κ3) is 2.71. The first-order chi connectivity index (χ1) is 8.74. The highest BCUT2D eigenvalue weighted by atomic mass is 16.3. The molecule has 2 N–H and O–H groups in total. The predicted octanol–water partition coefficient (Wildman–Crippen LogP) is 1.55. The molecule has 96 valence electrons. The minimum absolute atomic E-state index is 0.0103. The van der Waals surface area contributed by atoms with E-state index in [9.17, 15) is 4.79 Å². The summed E-state index contributed by atoms with van der Waals surface area (Å²) < 4.78 is 0. The van der Waals surface area contributed by atoms with Crippen LogP contribution in [-0.4, -0.2) is 40.6 Å². The molecule has 0 bridgehead atoms. The summed E-state index contributed by atoms with van der Waals surface area (Å²) in [5.41, 5.74) is 2.08. The molecule has 0 atom stereocenters. The van der Waals surface area contributed by atoms with Gasteiger partial charge in [-0.1, -0.05) is 6.07 Å². The lowest BCUT2D eigenvalue weighted by molar-refractivity contribution is -0.130. The third-order valence-corrected chi connectivity index (χ3v) is 3.08. The van der Waals surface area contributed by atoms with E-state index in [-0.39, 0.29) is 12.5 Å². The Kier molecular flexibility index (Phi) is 3.99. The standard InChI is InChI=1S/C14H18N2O2/c1-2-16(7-8-17)14(18)10-11-3-4-13-12(9-11)5-6-15-13/h3-6,9,15,17H,2,7-8,10H2,1H3. The van der Waals surface area contributed by atoms with Crippen molar-refractivity contribution in [3.05, 3.63) is 36.0 Å². The molecule has 0 fully saturated rings. The van der Waals surface area contributed by atoms with Crippen LogP contribution >= 0.6 is 0 Å². The average molecular weight is 246 g/mol. The molecule has 2 rings (SSSR count). The minimum atomic E-state index is 0.0103. The molecule has 0 saturated heterocycles. The number of aromatic amines is 1. The van der Waals surface area contributed by atoms with Gasteiger partial charge in [-0.25, -0.2) is 0 Å². The van der Waals surface area contributed by atoms with Gasteiger partial charge in [-0.05, 0) is 36.1 Å². The van der Waals surface area contributed by atoms with Crippen LogP contribution in [0.2, 0.25) is 0 Å². The average Bonchev–Trinajstić information content (AvgIpc) is 2.83. The zero-order valence-electron chi connectivity index (χ0n) is 10.5. The fraction of sp³-hybridized carbons (Fsp3) is 0.357. The summed E-state index contributed by atoms with van der Waals surface area (Å²) >= 11 is 0. The number of rotatable bonds is 5. The number of nitrogens with one attached hydrogen (secondary N) is 1. The molecule has 4 nitrogen and oxygen atoms in total. The number of aliphatic hydroxyl groups is 1. The van der Waals surface area contributed by atoms with Crippen molar-refractivity contribution in [2.24, 2.45) is 0 Å². The van der Waals surface area contributed by atoms with Crippen molar-refractivity contribution in [3.8, 4) is 0 Å². The number of hydrogen-bond acceptors (Lipinski definition) is 2. The molecule has 0 spiro atoms. The van der Waals surface area contributed by atoms with Crippen LogP contribution in [0.5, 0.6) is 0 Å². The predicted molar refractivity (Wildman–Crippen MR) is 71.3 cm³/mol. The van der Waals surface area contributed by atoms with Gasteiger partial charge in [0.15, 0.2) is 0 Å². The van der Waals surface area contributed by atoms with Crippen molar-refractivity contribution in [2.45, 2.75) is 13.3 Å². The number of nitrogens with zero attached hydrogens (tertiary/aromatic N) is 1. The van der Waals surface area contributed by atoms with Crippen LogP contribution in [0.1, 0.15) is 12.5 Å². The molecule has 1 amide bonds. The molecule has 0 unspecified atom stereocenters. The van der Waals surface area contributed by atoms with Gasteiger partial charge in [0, 0.05) is 24.8 Å². The number of likely N-dealkylation sites (N-methyl/N-ethyl adjacent to an activating group) is 1. The number of fused-ring (bicyclic) bond motifs is 1. The lowest BCUT2D eigenvalue weighted by Gasteiger charge is -2.19. The molecule has 1 heterocycles. The van der Waals surface area contributed by atoms with Gasteiger partial charge in [0.1, 0.15) is 0 Å². The lowest BCUT2D eigenvalue weighted by atomic mass is 10.1. The molecule has 4 heteroatoms. The first kappa shape index (κ1) is 12.6. The van der Waals surface area contributed by atoms with Crippen molar-refractivity contribution in [1.82, 2.24) is 9.88 Å². The van der Waals surface area contributed by atoms with Crippen molar-refractivity contribution >= 4 is 16.8 Å². The molecule has 0 aliphatic carbocycles. The Bertz CT molecular complexity index is 533. The largest absolute Gasteiger partial charge is 0.395 e. The number of amides is 1. The van der Waals surface area contributed by atoms with Gasteiger partial charge in [0.2, 0.25) is 5.91 Å². The Morgan fingerprint density at radius 1 is 1.39 bits per heavy atom. The van der Waals surface area contributed by atoms with Gasteiger partial charge in [-0.3, -0.25) is 4.79 Å². The quantitative estimate of drug-likeness (QED) is 0.841. The number of H-pyrrole nitrogens is 1. The van der Waals surface area contributed by atoms with Crippen molar-refractivity contribution in [3.63, 3.8) is 0 Å².